The molecule has 0 aliphatic carbocycles. The van der Waals surface area contributed by atoms with Crippen LogP contribution in [0.4, 0.5) is 17.6 Å². The molecule has 1 heterocycles. The van der Waals surface area contributed by atoms with Gasteiger partial charge in [0.1, 0.15) is 24.0 Å². The summed E-state index contributed by atoms with van der Waals surface area (Å²) in [6.45, 7) is -1.63. The van der Waals surface area contributed by atoms with Crippen molar-refractivity contribution >= 4 is 23.2 Å². The molecule has 0 aliphatic rings. The van der Waals surface area contributed by atoms with Crippen LogP contribution in [-0.2, 0) is 13.1 Å². The maximum Gasteiger partial charge on any atom is 0.333 e. The van der Waals surface area contributed by atoms with Gasteiger partial charge in [-0.05, 0) is 47.5 Å². The van der Waals surface area contributed by atoms with E-state index in [2.05, 4.69) is 0 Å². The number of hydrogen-bond donors (Lipinski definition) is 1. The summed E-state index contributed by atoms with van der Waals surface area (Å²) in [5.41, 5.74) is -2.67. The highest BCUT2D eigenvalue weighted by molar-refractivity contribution is 6.30. The van der Waals surface area contributed by atoms with Crippen LogP contribution in [0.1, 0.15) is 23.5 Å². The van der Waals surface area contributed by atoms with E-state index in [0.29, 0.717) is 15.2 Å². The Morgan fingerprint density at radius 2 is 1.23 bits per heavy atom. The molecule has 0 unspecified atom stereocenters. The summed E-state index contributed by atoms with van der Waals surface area (Å²) in [6.07, 6.45) is -3.98. The van der Waals surface area contributed by atoms with Crippen molar-refractivity contribution in [3.63, 3.8) is 0 Å². The molecule has 0 amide bonds. The molecule has 5 nitrogen and oxygen atoms in total. The van der Waals surface area contributed by atoms with E-state index in [1.54, 1.807) is 0 Å². The molecule has 3 rings (SSSR count). The average Bonchev–Trinajstić information content (AvgIpc) is 2.66. The predicted octanol–water partition coefficient (Wildman–Crippen LogP) is 4.72. The third-order valence-corrected chi connectivity index (χ3v) is 4.87. The number of halogens is 6. The van der Waals surface area contributed by atoms with Crippen molar-refractivity contribution in [1.82, 2.24) is 9.13 Å². The molecule has 2 aromatic carbocycles. The normalized spacial score (nSPS) is 13.2. The van der Waals surface area contributed by atoms with Crippen LogP contribution in [0.25, 0.3) is 0 Å². The zero-order valence-corrected chi connectivity index (χ0v) is 17.0. The third-order valence-electron chi connectivity index (χ3n) is 4.44. The fourth-order valence-electron chi connectivity index (χ4n) is 2.99. The van der Waals surface area contributed by atoms with E-state index in [1.165, 1.54) is 0 Å². The molecule has 0 aliphatic heterocycles. The molecular weight excluding hydrogens is 463 g/mol. The van der Waals surface area contributed by atoms with E-state index >= 15 is 0 Å². The van der Waals surface area contributed by atoms with Gasteiger partial charge in [-0.1, -0.05) is 23.2 Å². The van der Waals surface area contributed by atoms with Gasteiger partial charge in [0, 0.05) is 10.0 Å². The molecule has 0 radical (unpaired) electrons. The summed E-state index contributed by atoms with van der Waals surface area (Å²) < 4.78 is 57.2. The zero-order chi connectivity index (χ0) is 22.9. The first-order valence-corrected chi connectivity index (χ1v) is 9.54. The molecule has 31 heavy (non-hydrogen) atoms. The minimum Gasteiger partial charge on any atom is -0.494 e. The highest BCUT2D eigenvalue weighted by Crippen LogP contribution is 2.26. The number of aromatic nitrogens is 2. The van der Waals surface area contributed by atoms with Crippen molar-refractivity contribution < 1.29 is 22.7 Å². The molecule has 0 fully saturated rings. The smallest absolute Gasteiger partial charge is 0.333 e. The molecule has 0 spiro atoms. The Morgan fingerprint density at radius 1 is 0.774 bits per heavy atom. The van der Waals surface area contributed by atoms with Crippen molar-refractivity contribution in [2.45, 2.75) is 25.4 Å². The van der Waals surface area contributed by atoms with E-state index < -0.39 is 54.2 Å². The van der Waals surface area contributed by atoms with Crippen molar-refractivity contribution in [2.24, 2.45) is 0 Å². The second-order valence-corrected chi connectivity index (χ2v) is 7.56. The lowest BCUT2D eigenvalue weighted by Crippen LogP contribution is -2.40. The lowest BCUT2D eigenvalue weighted by atomic mass is 10.1. The maximum absolute atomic E-state index is 14.7. The first kappa shape index (κ1) is 22.9. The summed E-state index contributed by atoms with van der Waals surface area (Å²) in [7, 11) is 0. The fourth-order valence-corrected chi connectivity index (χ4v) is 3.45. The zero-order valence-electron chi connectivity index (χ0n) is 15.5. The van der Waals surface area contributed by atoms with Crippen LogP contribution < -0.4 is 11.2 Å². The largest absolute Gasteiger partial charge is 0.494 e. The summed E-state index contributed by atoms with van der Waals surface area (Å²) in [6, 6.07) is 6.51. The molecule has 3 aromatic rings. The molecule has 2 atom stereocenters. The van der Waals surface area contributed by atoms with Gasteiger partial charge in [0.2, 0.25) is 5.88 Å². The molecule has 0 saturated heterocycles. The monoisotopic (exact) mass is 476 g/mol. The van der Waals surface area contributed by atoms with Crippen LogP contribution in [0.15, 0.2) is 52.1 Å². The number of benzene rings is 2. The lowest BCUT2D eigenvalue weighted by Gasteiger charge is -2.16. The molecule has 1 N–H and O–H groups in total. The Morgan fingerprint density at radius 3 is 1.68 bits per heavy atom. The van der Waals surface area contributed by atoms with Crippen LogP contribution in [0.2, 0.25) is 10.0 Å². The maximum atomic E-state index is 14.7. The van der Waals surface area contributed by atoms with E-state index in [4.69, 9.17) is 23.2 Å². The second-order valence-electron chi connectivity index (χ2n) is 6.69. The summed E-state index contributed by atoms with van der Waals surface area (Å²) in [5, 5.41) is 9.79. The van der Waals surface area contributed by atoms with Crippen LogP contribution in [-0.4, -0.2) is 14.2 Å². The Bertz CT molecular complexity index is 1210. The highest BCUT2D eigenvalue weighted by atomic mass is 35.5. The van der Waals surface area contributed by atoms with Gasteiger partial charge in [-0.3, -0.25) is 13.9 Å². The second kappa shape index (κ2) is 9.15. The SMILES string of the molecule is O=c1cc(O)n(C[C@H](F)c2cc(F)cc(Cl)c2)c(=O)n1C[C@H](F)c1cc(F)cc(Cl)c1. The van der Waals surface area contributed by atoms with Gasteiger partial charge in [0.05, 0.1) is 19.2 Å². The third kappa shape index (κ3) is 5.29. The van der Waals surface area contributed by atoms with Crippen molar-refractivity contribution in [1.29, 1.82) is 0 Å². The highest BCUT2D eigenvalue weighted by Gasteiger charge is 2.21. The molecule has 1 aromatic heterocycles. The predicted molar refractivity (Wildman–Crippen MR) is 107 cm³/mol. The van der Waals surface area contributed by atoms with Gasteiger partial charge >= 0.3 is 5.69 Å². The molecule has 11 heteroatoms. The van der Waals surface area contributed by atoms with E-state index in [-0.39, 0.29) is 21.2 Å². The number of rotatable bonds is 6. The minimum atomic E-state index is -2.00. The molecule has 164 valence electrons. The first-order chi connectivity index (χ1) is 14.5. The fraction of sp³-hybridized carbons (Fsp3) is 0.200. The standard InChI is InChI=1S/C20H14Cl2F4N2O3/c21-12-1-10(3-14(23)5-12)16(25)8-27-18(29)7-19(30)28(20(27)31)9-17(26)11-2-13(22)6-15(24)4-11/h1-7,16-17,29H,8-9H2/t16-,17-/m0/s1. The molecular formula is C20H14Cl2F4N2O3. The van der Waals surface area contributed by atoms with Gasteiger partial charge in [0.25, 0.3) is 5.56 Å². The Kier molecular flexibility index (Phi) is 6.76. The number of hydrogen-bond acceptors (Lipinski definition) is 3. The minimum absolute atomic E-state index is 0.0757. The Hall–Kier alpha value is -2.78. The van der Waals surface area contributed by atoms with Crippen molar-refractivity contribution in [2.75, 3.05) is 0 Å². The summed E-state index contributed by atoms with van der Waals surface area (Å²) in [4.78, 5) is 24.8. The average molecular weight is 477 g/mol. The van der Waals surface area contributed by atoms with Crippen molar-refractivity contribution in [3.05, 3.63) is 96.1 Å². The first-order valence-electron chi connectivity index (χ1n) is 8.79. The summed E-state index contributed by atoms with van der Waals surface area (Å²) >= 11 is 11.4. The summed E-state index contributed by atoms with van der Waals surface area (Å²) in [5.74, 6) is -2.48. The van der Waals surface area contributed by atoms with E-state index in [9.17, 15) is 32.3 Å². The Labute approximate surface area is 182 Å². The van der Waals surface area contributed by atoms with Crippen LogP contribution >= 0.6 is 23.2 Å². The number of alkyl halides is 2. The topological polar surface area (TPSA) is 64.2 Å². The van der Waals surface area contributed by atoms with Crippen LogP contribution in [0, 0.1) is 11.6 Å². The lowest BCUT2D eigenvalue weighted by molar-refractivity contribution is 0.261. The van der Waals surface area contributed by atoms with E-state index in [0.717, 1.165) is 36.4 Å². The van der Waals surface area contributed by atoms with Crippen LogP contribution in [0.3, 0.4) is 0 Å². The Balaban J connectivity index is 1.94. The molecule has 0 saturated carbocycles. The number of aromatic hydroxyl groups is 1. The van der Waals surface area contributed by atoms with Crippen molar-refractivity contribution in [3.8, 4) is 5.88 Å². The van der Waals surface area contributed by atoms with Gasteiger partial charge in [0.15, 0.2) is 0 Å². The van der Waals surface area contributed by atoms with Gasteiger partial charge in [-0.2, -0.15) is 0 Å². The van der Waals surface area contributed by atoms with Gasteiger partial charge in [-0.15, -0.1) is 0 Å². The van der Waals surface area contributed by atoms with Gasteiger partial charge < -0.3 is 5.11 Å². The quantitative estimate of drug-likeness (QED) is 0.523. The van der Waals surface area contributed by atoms with Crippen LogP contribution in [0.5, 0.6) is 5.88 Å². The van der Waals surface area contributed by atoms with E-state index in [1.807, 2.05) is 0 Å². The van der Waals surface area contributed by atoms with Gasteiger partial charge in [-0.25, -0.2) is 22.4 Å². The number of nitrogens with zero attached hydrogens (tertiary/aromatic N) is 2. The molecule has 0 bridgehead atoms.